The molecule has 7 heteroatoms. The van der Waals surface area contributed by atoms with E-state index in [1.807, 2.05) is 0 Å². The Balaban J connectivity index is 1.59. The molecule has 4 rings (SSSR count). The number of rotatable bonds is 3. The van der Waals surface area contributed by atoms with Crippen molar-refractivity contribution in [3.8, 4) is 0 Å². The van der Waals surface area contributed by atoms with E-state index in [0.29, 0.717) is 17.9 Å². The van der Waals surface area contributed by atoms with Gasteiger partial charge in [0.2, 0.25) is 0 Å². The van der Waals surface area contributed by atoms with E-state index in [9.17, 15) is 23.2 Å². The van der Waals surface area contributed by atoms with Gasteiger partial charge < -0.3 is 4.84 Å². The molecule has 1 atom stereocenters. The second-order valence-electron chi connectivity index (χ2n) is 6.31. The van der Waals surface area contributed by atoms with E-state index in [4.69, 9.17) is 4.84 Å². The fraction of sp³-hybridized carbons (Fsp3) is 0.438. The third kappa shape index (κ3) is 1.73. The summed E-state index contributed by atoms with van der Waals surface area (Å²) in [6.45, 7) is 0. The summed E-state index contributed by atoms with van der Waals surface area (Å²) in [6.07, 6.45) is 1.29. The minimum Gasteiger partial charge on any atom is -0.329 e. The van der Waals surface area contributed by atoms with E-state index >= 15 is 0 Å². The molecule has 23 heavy (non-hydrogen) atoms. The van der Waals surface area contributed by atoms with E-state index in [-0.39, 0.29) is 11.1 Å². The molecule has 0 spiro atoms. The van der Waals surface area contributed by atoms with E-state index in [1.165, 1.54) is 12.1 Å². The minimum atomic E-state index is -3.13. The molecule has 0 aromatic heterocycles. The summed E-state index contributed by atoms with van der Waals surface area (Å²) in [4.78, 5) is 41.5. The number of fused-ring (bicyclic) bond motifs is 1. The van der Waals surface area contributed by atoms with Gasteiger partial charge in [-0.1, -0.05) is 23.6 Å². The van der Waals surface area contributed by atoms with Crippen molar-refractivity contribution in [2.24, 2.45) is 11.3 Å². The maximum absolute atomic E-state index is 13.8. The smallest absolute Gasteiger partial charge is 0.329 e. The van der Waals surface area contributed by atoms with Gasteiger partial charge >= 0.3 is 5.97 Å². The Hall–Kier alpha value is -2.31. The normalized spacial score (nSPS) is 28.3. The molecule has 1 aromatic rings. The van der Waals surface area contributed by atoms with Crippen molar-refractivity contribution in [3.63, 3.8) is 0 Å². The number of halogens is 2. The predicted molar refractivity (Wildman–Crippen MR) is 72.4 cm³/mol. The van der Waals surface area contributed by atoms with Crippen LogP contribution in [0.4, 0.5) is 8.78 Å². The lowest BCUT2D eigenvalue weighted by atomic mass is 9.73. The van der Waals surface area contributed by atoms with Crippen molar-refractivity contribution in [1.82, 2.24) is 5.06 Å². The third-order valence-electron chi connectivity index (χ3n) is 5.13. The van der Waals surface area contributed by atoms with Crippen molar-refractivity contribution in [1.29, 1.82) is 0 Å². The Morgan fingerprint density at radius 2 is 1.65 bits per heavy atom. The highest BCUT2D eigenvalue weighted by Gasteiger charge is 2.80. The monoisotopic (exact) mass is 321 g/mol. The molecule has 2 amide bonds. The number of hydroxylamine groups is 2. The Bertz CT molecular complexity index is 708. The van der Waals surface area contributed by atoms with Gasteiger partial charge in [0.15, 0.2) is 0 Å². The number of benzene rings is 1. The van der Waals surface area contributed by atoms with Crippen LogP contribution in [0.15, 0.2) is 24.3 Å². The number of hydrogen-bond acceptors (Lipinski definition) is 4. The Morgan fingerprint density at radius 3 is 2.04 bits per heavy atom. The number of carbonyl (C=O) groups excluding carboxylic acids is 3. The molecular formula is C16H13F2NO4. The lowest BCUT2D eigenvalue weighted by molar-refractivity contribution is -0.185. The Kier molecular flexibility index (Phi) is 2.71. The molecule has 2 aliphatic carbocycles. The molecule has 0 N–H and O–H groups in total. The van der Waals surface area contributed by atoms with Crippen molar-refractivity contribution >= 4 is 17.8 Å². The van der Waals surface area contributed by atoms with Crippen LogP contribution < -0.4 is 0 Å². The van der Waals surface area contributed by atoms with Crippen LogP contribution in [-0.2, 0) is 9.63 Å². The molecular weight excluding hydrogens is 308 g/mol. The zero-order valence-corrected chi connectivity index (χ0v) is 12.1. The maximum Gasteiger partial charge on any atom is 0.345 e. The standard InChI is InChI=1S/C16H13F2NO4/c17-16(18)8-15(16,9-4-3-5-9)14(22)23-19-12(20)10-6-1-2-7-11(10)13(19)21/h1-2,6-7,9H,3-5,8H2. The summed E-state index contributed by atoms with van der Waals surface area (Å²) < 4.78 is 27.6. The molecule has 0 saturated heterocycles. The molecule has 5 nitrogen and oxygen atoms in total. The van der Waals surface area contributed by atoms with Crippen molar-refractivity contribution in [2.75, 3.05) is 0 Å². The maximum atomic E-state index is 13.8. The first-order chi connectivity index (χ1) is 10.9. The summed E-state index contributed by atoms with van der Waals surface area (Å²) in [7, 11) is 0. The molecule has 2 fully saturated rings. The summed E-state index contributed by atoms with van der Waals surface area (Å²) in [5.41, 5.74) is -1.67. The zero-order chi connectivity index (χ0) is 16.4. The quantitative estimate of drug-likeness (QED) is 0.803. The van der Waals surface area contributed by atoms with Crippen LogP contribution >= 0.6 is 0 Å². The van der Waals surface area contributed by atoms with Gasteiger partial charge in [0.1, 0.15) is 5.41 Å². The first kappa shape index (κ1) is 14.3. The highest BCUT2D eigenvalue weighted by Crippen LogP contribution is 2.69. The summed E-state index contributed by atoms with van der Waals surface area (Å²) in [5.74, 6) is -6.35. The fourth-order valence-electron chi connectivity index (χ4n) is 3.45. The van der Waals surface area contributed by atoms with Crippen molar-refractivity contribution in [3.05, 3.63) is 35.4 Å². The lowest BCUT2D eigenvalue weighted by Gasteiger charge is -2.32. The molecule has 1 heterocycles. The van der Waals surface area contributed by atoms with Crippen LogP contribution in [0.1, 0.15) is 46.4 Å². The molecule has 3 aliphatic rings. The van der Waals surface area contributed by atoms with Gasteiger partial charge in [0, 0.05) is 6.42 Å². The predicted octanol–water partition coefficient (Wildman–Crippen LogP) is 2.57. The van der Waals surface area contributed by atoms with Crippen LogP contribution in [0.25, 0.3) is 0 Å². The average Bonchev–Trinajstić information content (AvgIpc) is 2.96. The van der Waals surface area contributed by atoms with Crippen LogP contribution in [0.3, 0.4) is 0 Å². The highest BCUT2D eigenvalue weighted by molar-refractivity contribution is 6.21. The highest BCUT2D eigenvalue weighted by atomic mass is 19.3. The van der Waals surface area contributed by atoms with E-state index < -0.39 is 41.5 Å². The minimum absolute atomic E-state index is 0.102. The second-order valence-corrected chi connectivity index (χ2v) is 6.31. The van der Waals surface area contributed by atoms with Gasteiger partial charge in [-0.05, 0) is 30.9 Å². The van der Waals surface area contributed by atoms with E-state index in [2.05, 4.69) is 0 Å². The topological polar surface area (TPSA) is 63.7 Å². The van der Waals surface area contributed by atoms with Gasteiger partial charge in [0.05, 0.1) is 11.1 Å². The largest absolute Gasteiger partial charge is 0.345 e. The molecule has 2 saturated carbocycles. The third-order valence-corrected chi connectivity index (χ3v) is 5.13. The lowest BCUT2D eigenvalue weighted by Crippen LogP contribution is -2.42. The first-order valence-electron chi connectivity index (χ1n) is 7.46. The average molecular weight is 321 g/mol. The number of imide groups is 1. The summed E-state index contributed by atoms with van der Waals surface area (Å²) in [6, 6.07) is 5.99. The number of amides is 2. The van der Waals surface area contributed by atoms with Crippen LogP contribution in [0.2, 0.25) is 0 Å². The van der Waals surface area contributed by atoms with Gasteiger partial charge in [-0.2, -0.15) is 0 Å². The first-order valence-corrected chi connectivity index (χ1v) is 7.46. The molecule has 120 valence electrons. The number of carbonyl (C=O) groups is 3. The van der Waals surface area contributed by atoms with Crippen LogP contribution in [-0.4, -0.2) is 28.8 Å². The van der Waals surface area contributed by atoms with Crippen molar-refractivity contribution in [2.45, 2.75) is 31.6 Å². The number of alkyl halides is 2. The van der Waals surface area contributed by atoms with Gasteiger partial charge in [-0.15, -0.1) is 0 Å². The van der Waals surface area contributed by atoms with E-state index in [0.717, 1.165) is 6.42 Å². The van der Waals surface area contributed by atoms with Crippen LogP contribution in [0.5, 0.6) is 0 Å². The van der Waals surface area contributed by atoms with E-state index in [1.54, 1.807) is 12.1 Å². The molecule has 0 radical (unpaired) electrons. The van der Waals surface area contributed by atoms with Gasteiger partial charge in [0.25, 0.3) is 17.7 Å². The summed E-state index contributed by atoms with van der Waals surface area (Å²) >= 11 is 0. The fourth-order valence-corrected chi connectivity index (χ4v) is 3.45. The molecule has 0 bridgehead atoms. The summed E-state index contributed by atoms with van der Waals surface area (Å²) in [5, 5.41) is 0.307. The molecule has 1 unspecified atom stereocenters. The Labute approximate surface area is 130 Å². The van der Waals surface area contributed by atoms with Gasteiger partial charge in [-0.25, -0.2) is 13.6 Å². The second kappa shape index (κ2) is 4.37. The molecule has 1 aliphatic heterocycles. The van der Waals surface area contributed by atoms with Crippen LogP contribution in [0, 0.1) is 11.3 Å². The molecule has 1 aromatic carbocycles. The number of hydrogen-bond donors (Lipinski definition) is 0. The zero-order valence-electron chi connectivity index (χ0n) is 12.1. The SMILES string of the molecule is O=C1c2ccccc2C(=O)N1OC(=O)C1(C2CCC2)CC1(F)F. The van der Waals surface area contributed by atoms with Crippen molar-refractivity contribution < 1.29 is 28.0 Å². The number of nitrogens with zero attached hydrogens (tertiary/aromatic N) is 1. The Morgan fingerprint density at radius 1 is 1.13 bits per heavy atom. The van der Waals surface area contributed by atoms with Gasteiger partial charge in [-0.3, -0.25) is 9.59 Å².